The summed E-state index contributed by atoms with van der Waals surface area (Å²) < 4.78 is 9.31. The van der Waals surface area contributed by atoms with Crippen molar-refractivity contribution in [1.29, 1.82) is 0 Å². The van der Waals surface area contributed by atoms with Crippen molar-refractivity contribution in [2.24, 2.45) is 0 Å². The number of methoxy groups -OCH3 is 2. The Morgan fingerprint density at radius 1 is 1.00 bits per heavy atom. The molecule has 0 saturated heterocycles. The molecule has 0 spiro atoms. The van der Waals surface area contributed by atoms with Gasteiger partial charge in [0.1, 0.15) is 0 Å². The number of ether oxygens (including phenoxy) is 2. The molecule has 0 aliphatic rings. The Bertz CT molecular complexity index is 191. The van der Waals surface area contributed by atoms with Gasteiger partial charge in [0.25, 0.3) is 0 Å². The van der Waals surface area contributed by atoms with Crippen LogP contribution in [0.25, 0.3) is 5.73 Å². The van der Waals surface area contributed by atoms with Gasteiger partial charge >= 0.3 is 29.6 Å². The van der Waals surface area contributed by atoms with E-state index in [1.807, 2.05) is 18.2 Å². The van der Waals surface area contributed by atoms with E-state index < -0.39 is 0 Å². The molecule has 0 unspecified atom stereocenters. The molecule has 0 radical (unpaired) electrons. The predicted octanol–water partition coefficient (Wildman–Crippen LogP) is -0.346. The first-order chi connectivity index (χ1) is 6.31. The van der Waals surface area contributed by atoms with Crippen LogP contribution in [0.5, 0.6) is 0 Å². The monoisotopic (exact) mass is 205 g/mol. The molecule has 1 N–H and O–H groups in total. The Kier molecular flexibility index (Phi) is 15.1. The molecule has 14 heavy (non-hydrogen) atoms. The molecule has 0 aliphatic carbocycles. The fourth-order valence-electron chi connectivity index (χ4n) is 0.605. The van der Waals surface area contributed by atoms with Gasteiger partial charge in [0.2, 0.25) is 0 Å². The van der Waals surface area contributed by atoms with Crippen LogP contribution in [-0.4, -0.2) is 27.4 Å². The van der Waals surface area contributed by atoms with Gasteiger partial charge in [-0.25, -0.2) is 0 Å². The Hall–Kier alpha value is -0.0600. The molecular formula is C10H16NNaO2. The van der Waals surface area contributed by atoms with Crippen LogP contribution in [0.3, 0.4) is 0 Å². The summed E-state index contributed by atoms with van der Waals surface area (Å²) in [6.07, 6.45) is 0. The fraction of sp³-hybridized carbons (Fsp3) is 0.400. The average Bonchev–Trinajstić information content (AvgIpc) is 2.17. The number of rotatable bonds is 3. The number of hydrogen-bond donors (Lipinski definition) is 0. The van der Waals surface area contributed by atoms with Gasteiger partial charge in [0.15, 0.2) is 0 Å². The second-order valence-corrected chi connectivity index (χ2v) is 2.35. The number of hydrogen-bond acceptors (Lipinski definition) is 2. The second kappa shape index (κ2) is 12.9. The third-order valence-electron chi connectivity index (χ3n) is 1.27. The van der Waals surface area contributed by atoms with Gasteiger partial charge in [-0.2, -0.15) is 0 Å². The maximum atomic E-state index is 7.00. The minimum absolute atomic E-state index is 0. The van der Waals surface area contributed by atoms with E-state index in [1.54, 1.807) is 26.4 Å². The standard InChI is InChI=1S/C6H6N.C4H10O2.Na/c7-6-4-2-1-3-5-6;1-5-3-4-6-2;/h1-5,7H;3-4H2,1-2H3;/q-1;;+1. The van der Waals surface area contributed by atoms with Crippen molar-refractivity contribution < 1.29 is 39.0 Å². The second-order valence-electron chi connectivity index (χ2n) is 2.35. The molecule has 0 aromatic heterocycles. The minimum Gasteiger partial charge on any atom is -0.699 e. The molecule has 4 heteroatoms. The van der Waals surface area contributed by atoms with E-state index in [9.17, 15) is 0 Å². The average molecular weight is 205 g/mol. The van der Waals surface area contributed by atoms with Gasteiger partial charge in [-0.1, -0.05) is 30.3 Å². The smallest absolute Gasteiger partial charge is 0.699 e. The number of nitrogens with one attached hydrogen (secondary N) is 1. The minimum atomic E-state index is 0. The van der Waals surface area contributed by atoms with Crippen LogP contribution >= 0.6 is 0 Å². The molecule has 74 valence electrons. The molecule has 0 fully saturated rings. The maximum Gasteiger partial charge on any atom is 1.00 e. The van der Waals surface area contributed by atoms with Crippen LogP contribution in [0.4, 0.5) is 5.69 Å². The molecule has 0 heterocycles. The molecule has 0 amide bonds. The van der Waals surface area contributed by atoms with E-state index in [4.69, 9.17) is 5.73 Å². The first kappa shape index (κ1) is 16.4. The fourth-order valence-corrected chi connectivity index (χ4v) is 0.605. The zero-order chi connectivity index (χ0) is 9.94. The maximum absolute atomic E-state index is 7.00. The van der Waals surface area contributed by atoms with Crippen LogP contribution < -0.4 is 29.6 Å². The molecule has 0 atom stereocenters. The third-order valence-corrected chi connectivity index (χ3v) is 1.27. The van der Waals surface area contributed by atoms with Gasteiger partial charge in [-0.05, 0) is 0 Å². The Balaban J connectivity index is 0. The van der Waals surface area contributed by atoms with Gasteiger partial charge in [-0.3, -0.25) is 0 Å². The Labute approximate surface area is 108 Å². The zero-order valence-corrected chi connectivity index (χ0v) is 11.1. The van der Waals surface area contributed by atoms with Gasteiger partial charge in [0, 0.05) is 14.2 Å². The van der Waals surface area contributed by atoms with Crippen LogP contribution in [0.2, 0.25) is 0 Å². The number of benzene rings is 1. The van der Waals surface area contributed by atoms with Crippen LogP contribution in [0, 0.1) is 0 Å². The zero-order valence-electron chi connectivity index (χ0n) is 9.12. The summed E-state index contributed by atoms with van der Waals surface area (Å²) in [5.74, 6) is 0. The summed E-state index contributed by atoms with van der Waals surface area (Å²) in [7, 11) is 3.30. The third kappa shape index (κ3) is 11.9. The van der Waals surface area contributed by atoms with Crippen molar-refractivity contribution in [1.82, 2.24) is 0 Å². The first-order valence-electron chi connectivity index (χ1n) is 4.05. The molecule has 0 saturated carbocycles. The van der Waals surface area contributed by atoms with E-state index in [1.165, 1.54) is 0 Å². The summed E-state index contributed by atoms with van der Waals surface area (Å²) in [6, 6.07) is 9.10. The summed E-state index contributed by atoms with van der Waals surface area (Å²) in [5, 5.41) is 0. The summed E-state index contributed by atoms with van der Waals surface area (Å²) in [4.78, 5) is 0. The van der Waals surface area contributed by atoms with E-state index in [0.717, 1.165) is 0 Å². The van der Waals surface area contributed by atoms with E-state index in [-0.39, 0.29) is 29.6 Å². The van der Waals surface area contributed by atoms with Crippen molar-refractivity contribution in [2.45, 2.75) is 0 Å². The Morgan fingerprint density at radius 3 is 1.64 bits per heavy atom. The van der Waals surface area contributed by atoms with Crippen LogP contribution in [0.1, 0.15) is 0 Å². The molecule has 1 rings (SSSR count). The van der Waals surface area contributed by atoms with Crippen LogP contribution in [0.15, 0.2) is 30.3 Å². The molecule has 3 nitrogen and oxygen atoms in total. The van der Waals surface area contributed by atoms with Crippen LogP contribution in [-0.2, 0) is 9.47 Å². The van der Waals surface area contributed by atoms with Gasteiger partial charge in [0.05, 0.1) is 13.2 Å². The van der Waals surface area contributed by atoms with Crippen molar-refractivity contribution in [3.63, 3.8) is 0 Å². The summed E-state index contributed by atoms with van der Waals surface area (Å²) >= 11 is 0. The van der Waals surface area contributed by atoms with E-state index >= 15 is 0 Å². The van der Waals surface area contributed by atoms with Crippen molar-refractivity contribution in [3.8, 4) is 0 Å². The Morgan fingerprint density at radius 2 is 1.43 bits per heavy atom. The quantitative estimate of drug-likeness (QED) is 0.500. The molecular weight excluding hydrogens is 189 g/mol. The van der Waals surface area contributed by atoms with Crippen molar-refractivity contribution in [2.75, 3.05) is 27.4 Å². The van der Waals surface area contributed by atoms with Crippen molar-refractivity contribution in [3.05, 3.63) is 36.1 Å². The summed E-state index contributed by atoms with van der Waals surface area (Å²) in [6.45, 7) is 1.38. The predicted molar refractivity (Wildman–Crippen MR) is 54.2 cm³/mol. The van der Waals surface area contributed by atoms with E-state index in [0.29, 0.717) is 18.9 Å². The van der Waals surface area contributed by atoms with E-state index in [2.05, 4.69) is 9.47 Å². The SMILES string of the molecule is COCCOC.[NH-]c1ccccc1.[Na+]. The van der Waals surface area contributed by atoms with Gasteiger partial charge in [-0.15, -0.1) is 5.69 Å². The molecule has 0 aliphatic heterocycles. The first-order valence-corrected chi connectivity index (χ1v) is 4.05. The topological polar surface area (TPSA) is 42.3 Å². The van der Waals surface area contributed by atoms with Crippen molar-refractivity contribution >= 4 is 5.69 Å². The molecule has 1 aromatic rings. The summed E-state index contributed by atoms with van der Waals surface area (Å²) in [5.41, 5.74) is 7.57. The normalized spacial score (nSPS) is 8.14. The largest absolute Gasteiger partial charge is 1.00 e. The molecule has 1 aromatic carbocycles. The molecule has 0 bridgehead atoms. The van der Waals surface area contributed by atoms with Gasteiger partial charge < -0.3 is 15.2 Å².